The van der Waals surface area contributed by atoms with Crippen LogP contribution in [0.15, 0.2) is 60.9 Å². The smallest absolute Gasteiger partial charge is 0.207 e. The molecule has 0 aliphatic rings. The first-order chi connectivity index (χ1) is 15.1. The van der Waals surface area contributed by atoms with Gasteiger partial charge in [0.25, 0.3) is 0 Å². The Morgan fingerprint density at radius 1 is 1.00 bits per heavy atom. The largest absolute Gasteiger partial charge is 0.494 e. The van der Waals surface area contributed by atoms with Crippen LogP contribution in [0, 0.1) is 11.6 Å². The van der Waals surface area contributed by atoms with Gasteiger partial charge < -0.3 is 14.8 Å². The summed E-state index contributed by atoms with van der Waals surface area (Å²) in [4.78, 5) is 7.22. The van der Waals surface area contributed by atoms with Gasteiger partial charge in [0.1, 0.15) is 17.4 Å². The van der Waals surface area contributed by atoms with Crippen LogP contribution in [0.5, 0.6) is 11.6 Å². The summed E-state index contributed by atoms with van der Waals surface area (Å²) in [5.41, 5.74) is 3.00. The Hall–Kier alpha value is -3.87. The fraction of sp³-hybridized carbons (Fsp3) is 0.125. The number of rotatable bonds is 5. The summed E-state index contributed by atoms with van der Waals surface area (Å²) in [6, 6.07) is 14.5. The van der Waals surface area contributed by atoms with Gasteiger partial charge in [-0.2, -0.15) is 0 Å². The van der Waals surface area contributed by atoms with Crippen LogP contribution >= 0.6 is 0 Å². The van der Waals surface area contributed by atoms with Gasteiger partial charge in [0.05, 0.1) is 46.1 Å². The molecular weight excluding hydrogens is 400 g/mol. The molecule has 0 spiro atoms. The zero-order valence-corrected chi connectivity index (χ0v) is 16.7. The van der Waals surface area contributed by atoms with Gasteiger partial charge in [-0.1, -0.05) is 6.92 Å². The standard InChI is InChI=1S/C24H19F2N3O2/c1-2-11-31-16-6-3-14(4-7-16)23-21-17(25)8-9-18(26)22(21)24(30)29(23)15-5-10-19-20(12-15)28-13-27-19/h3-10,12-13,30H,2,11H2,1H3,(H,27,28). The van der Waals surface area contributed by atoms with E-state index < -0.39 is 11.6 Å². The summed E-state index contributed by atoms with van der Waals surface area (Å²) in [6.07, 6.45) is 2.44. The minimum absolute atomic E-state index is 0.0180. The number of hydrogen-bond donors (Lipinski definition) is 2. The molecule has 5 rings (SSSR count). The van der Waals surface area contributed by atoms with Crippen LogP contribution < -0.4 is 4.74 Å². The van der Waals surface area contributed by atoms with Crippen molar-refractivity contribution in [3.63, 3.8) is 0 Å². The van der Waals surface area contributed by atoms with Crippen LogP contribution in [0.3, 0.4) is 0 Å². The van der Waals surface area contributed by atoms with Crippen molar-refractivity contribution < 1.29 is 18.6 Å². The van der Waals surface area contributed by atoms with Crippen LogP contribution in [0.25, 0.3) is 38.8 Å². The van der Waals surface area contributed by atoms with Crippen molar-refractivity contribution in [3.05, 3.63) is 72.6 Å². The number of aromatic amines is 1. The molecule has 2 N–H and O–H groups in total. The Balaban J connectivity index is 1.79. The minimum Gasteiger partial charge on any atom is -0.494 e. The van der Waals surface area contributed by atoms with E-state index in [1.165, 1.54) is 4.57 Å². The van der Waals surface area contributed by atoms with E-state index in [2.05, 4.69) is 9.97 Å². The van der Waals surface area contributed by atoms with Gasteiger partial charge in [0, 0.05) is 0 Å². The van der Waals surface area contributed by atoms with Crippen LogP contribution in [-0.2, 0) is 0 Å². The lowest BCUT2D eigenvalue weighted by molar-refractivity contribution is 0.317. The molecule has 0 atom stereocenters. The lowest BCUT2D eigenvalue weighted by atomic mass is 10.1. The van der Waals surface area contributed by atoms with Crippen molar-refractivity contribution >= 4 is 21.8 Å². The second kappa shape index (κ2) is 7.43. The summed E-state index contributed by atoms with van der Waals surface area (Å²) >= 11 is 0. The van der Waals surface area contributed by atoms with E-state index in [0.29, 0.717) is 29.3 Å². The molecule has 0 saturated carbocycles. The van der Waals surface area contributed by atoms with Gasteiger partial charge in [-0.05, 0) is 66.6 Å². The summed E-state index contributed by atoms with van der Waals surface area (Å²) in [6.45, 7) is 2.60. The van der Waals surface area contributed by atoms with Crippen molar-refractivity contribution in [2.24, 2.45) is 0 Å². The molecule has 0 amide bonds. The zero-order valence-electron chi connectivity index (χ0n) is 16.7. The third-order valence-corrected chi connectivity index (χ3v) is 5.26. The van der Waals surface area contributed by atoms with E-state index in [-0.39, 0.29) is 16.7 Å². The normalized spacial score (nSPS) is 11.5. The van der Waals surface area contributed by atoms with Crippen LogP contribution in [-0.4, -0.2) is 26.2 Å². The molecule has 31 heavy (non-hydrogen) atoms. The van der Waals surface area contributed by atoms with Crippen LogP contribution in [0.2, 0.25) is 0 Å². The van der Waals surface area contributed by atoms with Gasteiger partial charge in [0.2, 0.25) is 5.88 Å². The van der Waals surface area contributed by atoms with E-state index >= 15 is 0 Å². The molecule has 0 aliphatic heterocycles. The molecule has 0 radical (unpaired) electrons. The highest BCUT2D eigenvalue weighted by Gasteiger charge is 2.25. The highest BCUT2D eigenvalue weighted by Crippen LogP contribution is 2.43. The van der Waals surface area contributed by atoms with Gasteiger partial charge in [-0.25, -0.2) is 13.8 Å². The number of imidazole rings is 1. The summed E-state index contributed by atoms with van der Waals surface area (Å²) in [7, 11) is 0. The predicted molar refractivity (Wildman–Crippen MR) is 116 cm³/mol. The second-order valence-electron chi connectivity index (χ2n) is 7.26. The van der Waals surface area contributed by atoms with E-state index in [1.807, 2.05) is 6.92 Å². The highest BCUT2D eigenvalue weighted by molar-refractivity contribution is 6.02. The Morgan fingerprint density at radius 3 is 2.48 bits per heavy atom. The van der Waals surface area contributed by atoms with Gasteiger partial charge in [-0.15, -0.1) is 0 Å². The molecule has 0 unspecified atom stereocenters. The molecule has 156 valence electrons. The quantitative estimate of drug-likeness (QED) is 0.370. The molecule has 0 saturated heterocycles. The fourth-order valence-corrected chi connectivity index (χ4v) is 3.85. The van der Waals surface area contributed by atoms with Crippen LogP contribution in [0.4, 0.5) is 8.78 Å². The maximum atomic E-state index is 14.9. The SMILES string of the molecule is CCCOc1ccc(-c2c3c(F)ccc(F)c3c(O)n2-c2ccc3nc[nH]c3c2)cc1. The van der Waals surface area contributed by atoms with Crippen molar-refractivity contribution in [3.8, 4) is 28.6 Å². The monoisotopic (exact) mass is 419 g/mol. The molecule has 3 aromatic carbocycles. The van der Waals surface area contributed by atoms with Gasteiger partial charge in [-0.3, -0.25) is 4.57 Å². The van der Waals surface area contributed by atoms with Crippen molar-refractivity contribution in [1.82, 2.24) is 14.5 Å². The molecule has 0 aliphatic carbocycles. The van der Waals surface area contributed by atoms with E-state index in [4.69, 9.17) is 4.74 Å². The molecule has 2 aromatic heterocycles. The first-order valence-corrected chi connectivity index (χ1v) is 9.96. The number of aromatic nitrogens is 3. The predicted octanol–water partition coefficient (Wildman–Crippen LogP) is 5.95. The average Bonchev–Trinajstić information content (AvgIpc) is 3.37. The zero-order chi connectivity index (χ0) is 21.5. The maximum Gasteiger partial charge on any atom is 0.207 e. The Bertz CT molecular complexity index is 1400. The molecule has 0 bridgehead atoms. The number of nitrogens with zero attached hydrogens (tertiary/aromatic N) is 2. The van der Waals surface area contributed by atoms with Gasteiger partial charge in [0.15, 0.2) is 0 Å². The number of ether oxygens (including phenoxy) is 1. The number of nitrogens with one attached hydrogen (secondary N) is 1. The molecule has 2 heterocycles. The third-order valence-electron chi connectivity index (χ3n) is 5.26. The van der Waals surface area contributed by atoms with Crippen molar-refractivity contribution in [1.29, 1.82) is 0 Å². The Kier molecular flexibility index (Phi) is 4.58. The Labute approximate surface area is 176 Å². The molecule has 5 aromatic rings. The van der Waals surface area contributed by atoms with Crippen molar-refractivity contribution in [2.75, 3.05) is 6.61 Å². The van der Waals surface area contributed by atoms with E-state index in [0.717, 1.165) is 29.6 Å². The summed E-state index contributed by atoms with van der Waals surface area (Å²) in [5.74, 6) is -0.997. The Morgan fingerprint density at radius 2 is 1.74 bits per heavy atom. The number of hydrogen-bond acceptors (Lipinski definition) is 3. The minimum atomic E-state index is -0.695. The third kappa shape index (κ3) is 3.09. The first-order valence-electron chi connectivity index (χ1n) is 9.96. The number of aromatic hydroxyl groups is 1. The number of H-pyrrole nitrogens is 1. The van der Waals surface area contributed by atoms with Gasteiger partial charge >= 0.3 is 0 Å². The maximum absolute atomic E-state index is 14.9. The number of halogens is 2. The summed E-state index contributed by atoms with van der Waals surface area (Å²) < 4.78 is 36.7. The topological polar surface area (TPSA) is 63.1 Å². The van der Waals surface area contributed by atoms with Crippen molar-refractivity contribution in [2.45, 2.75) is 13.3 Å². The highest BCUT2D eigenvalue weighted by atomic mass is 19.1. The lowest BCUT2D eigenvalue weighted by Crippen LogP contribution is -1.98. The molecule has 7 heteroatoms. The number of fused-ring (bicyclic) bond motifs is 2. The van der Waals surface area contributed by atoms with Crippen LogP contribution in [0.1, 0.15) is 13.3 Å². The molecule has 0 fully saturated rings. The molecule has 5 nitrogen and oxygen atoms in total. The first kappa shape index (κ1) is 19.1. The molecular formula is C24H19F2N3O2. The average molecular weight is 419 g/mol. The number of benzene rings is 3. The lowest BCUT2D eigenvalue weighted by Gasteiger charge is -2.12. The summed E-state index contributed by atoms with van der Waals surface area (Å²) in [5, 5.41) is 10.8. The second-order valence-corrected chi connectivity index (χ2v) is 7.26. The van der Waals surface area contributed by atoms with E-state index in [9.17, 15) is 13.9 Å². The van der Waals surface area contributed by atoms with E-state index in [1.54, 1.807) is 48.8 Å². The fourth-order valence-electron chi connectivity index (χ4n) is 3.85.